The number of hydrogen-bond donors (Lipinski definition) is 1. The van der Waals surface area contributed by atoms with Gasteiger partial charge in [0.25, 0.3) is 0 Å². The van der Waals surface area contributed by atoms with Gasteiger partial charge in [0.1, 0.15) is 0 Å². The van der Waals surface area contributed by atoms with Crippen LogP contribution in [0.25, 0.3) is 0 Å². The first-order valence-electron chi connectivity index (χ1n) is 6.19. The van der Waals surface area contributed by atoms with Crippen LogP contribution in [-0.2, 0) is 13.5 Å². The van der Waals surface area contributed by atoms with E-state index in [1.165, 1.54) is 48.4 Å². The third kappa shape index (κ3) is 1.89. The van der Waals surface area contributed by atoms with Gasteiger partial charge < -0.3 is 5.32 Å². The highest BCUT2D eigenvalue weighted by Gasteiger charge is 2.26. The predicted molar refractivity (Wildman–Crippen MR) is 67.8 cm³/mol. The first-order valence-corrected chi connectivity index (χ1v) is 7.34. The van der Waals surface area contributed by atoms with Crippen LogP contribution in [0.3, 0.4) is 0 Å². The molecule has 1 aliphatic carbocycles. The van der Waals surface area contributed by atoms with E-state index in [9.17, 15) is 0 Å². The Morgan fingerprint density at radius 3 is 3.25 bits per heavy atom. The van der Waals surface area contributed by atoms with Crippen molar-refractivity contribution in [3.05, 3.63) is 17.5 Å². The van der Waals surface area contributed by atoms with E-state index in [-0.39, 0.29) is 0 Å². The molecule has 0 saturated carbocycles. The molecule has 0 spiro atoms. The van der Waals surface area contributed by atoms with Crippen LogP contribution in [0.5, 0.6) is 0 Å². The smallest absolute Gasteiger partial charge is 0.0540 e. The maximum atomic E-state index is 4.39. The highest BCUT2D eigenvalue weighted by Crippen LogP contribution is 2.31. The van der Waals surface area contributed by atoms with Crippen LogP contribution in [-0.4, -0.2) is 27.3 Å². The van der Waals surface area contributed by atoms with Crippen LogP contribution in [0.15, 0.2) is 6.20 Å². The summed E-state index contributed by atoms with van der Waals surface area (Å²) < 4.78 is 2.05. The maximum Gasteiger partial charge on any atom is 0.0540 e. The quantitative estimate of drug-likeness (QED) is 0.852. The first kappa shape index (κ1) is 10.7. The molecule has 0 radical (unpaired) electrons. The predicted octanol–water partition coefficient (Wildman–Crippen LogP) is 1.89. The van der Waals surface area contributed by atoms with Gasteiger partial charge in [0.05, 0.1) is 6.20 Å². The fourth-order valence-electron chi connectivity index (χ4n) is 2.83. The van der Waals surface area contributed by atoms with Crippen molar-refractivity contribution in [1.29, 1.82) is 0 Å². The lowest BCUT2D eigenvalue weighted by atomic mass is 9.92. The molecular formula is C12H19N3S. The largest absolute Gasteiger partial charge is 0.306 e. The molecule has 88 valence electrons. The summed E-state index contributed by atoms with van der Waals surface area (Å²) in [5, 5.41) is 8.21. The lowest BCUT2D eigenvalue weighted by Crippen LogP contribution is -2.34. The highest BCUT2D eigenvalue weighted by molar-refractivity contribution is 7.99. The second-order valence-electron chi connectivity index (χ2n) is 4.84. The van der Waals surface area contributed by atoms with Gasteiger partial charge in [0, 0.05) is 36.1 Å². The second kappa shape index (κ2) is 4.41. The SMILES string of the molecule is Cn1ncc2c1CCCC2NC1CCSC1. The molecule has 1 aromatic rings. The van der Waals surface area contributed by atoms with Gasteiger partial charge in [-0.05, 0) is 31.4 Å². The highest BCUT2D eigenvalue weighted by atomic mass is 32.2. The molecule has 1 fully saturated rings. The number of fused-ring (bicyclic) bond motifs is 1. The fourth-order valence-corrected chi connectivity index (χ4v) is 4.00. The van der Waals surface area contributed by atoms with Crippen LogP contribution in [0.1, 0.15) is 36.6 Å². The van der Waals surface area contributed by atoms with Crippen molar-refractivity contribution in [1.82, 2.24) is 15.1 Å². The number of nitrogens with one attached hydrogen (secondary N) is 1. The molecule has 4 heteroatoms. The topological polar surface area (TPSA) is 29.9 Å². The first-order chi connectivity index (χ1) is 7.84. The molecular weight excluding hydrogens is 218 g/mol. The summed E-state index contributed by atoms with van der Waals surface area (Å²) in [5.41, 5.74) is 2.89. The normalized spacial score (nSPS) is 29.3. The van der Waals surface area contributed by atoms with Gasteiger partial charge >= 0.3 is 0 Å². The van der Waals surface area contributed by atoms with Gasteiger partial charge in [0.2, 0.25) is 0 Å². The molecule has 0 amide bonds. The molecule has 2 unspecified atom stereocenters. The van der Waals surface area contributed by atoms with E-state index in [1.54, 1.807) is 0 Å². The van der Waals surface area contributed by atoms with Crippen molar-refractivity contribution in [2.24, 2.45) is 7.05 Å². The Kier molecular flexibility index (Phi) is 2.94. The van der Waals surface area contributed by atoms with Gasteiger partial charge in [-0.25, -0.2) is 0 Å². The molecule has 1 aromatic heterocycles. The summed E-state index contributed by atoms with van der Waals surface area (Å²) in [4.78, 5) is 0. The maximum absolute atomic E-state index is 4.39. The number of aromatic nitrogens is 2. The van der Waals surface area contributed by atoms with Crippen molar-refractivity contribution in [2.75, 3.05) is 11.5 Å². The number of nitrogens with zero attached hydrogens (tertiary/aromatic N) is 2. The Hall–Kier alpha value is -0.480. The van der Waals surface area contributed by atoms with Gasteiger partial charge in [-0.1, -0.05) is 0 Å². The zero-order valence-corrected chi connectivity index (χ0v) is 10.6. The van der Waals surface area contributed by atoms with Gasteiger partial charge in [-0.3, -0.25) is 4.68 Å². The Bertz CT molecular complexity index is 368. The van der Waals surface area contributed by atoms with Crippen molar-refractivity contribution in [2.45, 2.75) is 37.8 Å². The fraction of sp³-hybridized carbons (Fsp3) is 0.750. The van der Waals surface area contributed by atoms with E-state index < -0.39 is 0 Å². The van der Waals surface area contributed by atoms with E-state index >= 15 is 0 Å². The lowest BCUT2D eigenvalue weighted by molar-refractivity contribution is 0.408. The molecule has 1 saturated heterocycles. The van der Waals surface area contributed by atoms with E-state index in [1.807, 2.05) is 4.68 Å². The number of hydrogen-bond acceptors (Lipinski definition) is 3. The molecule has 3 nitrogen and oxygen atoms in total. The summed E-state index contributed by atoms with van der Waals surface area (Å²) >= 11 is 2.07. The molecule has 2 heterocycles. The minimum atomic E-state index is 0.557. The van der Waals surface area contributed by atoms with Crippen LogP contribution >= 0.6 is 11.8 Å². The molecule has 1 aliphatic heterocycles. The minimum Gasteiger partial charge on any atom is -0.306 e. The molecule has 2 atom stereocenters. The van der Waals surface area contributed by atoms with Crippen molar-refractivity contribution in [3.63, 3.8) is 0 Å². The number of thioether (sulfide) groups is 1. The van der Waals surface area contributed by atoms with E-state index in [4.69, 9.17) is 0 Å². The Balaban J connectivity index is 1.76. The Morgan fingerprint density at radius 1 is 1.50 bits per heavy atom. The zero-order valence-electron chi connectivity index (χ0n) is 9.78. The van der Waals surface area contributed by atoms with Crippen molar-refractivity contribution < 1.29 is 0 Å². The average Bonchev–Trinajstić information content (AvgIpc) is 2.90. The average molecular weight is 237 g/mol. The standard InChI is InChI=1S/C12H19N3S/c1-15-12-4-2-3-11(10(12)7-13-15)14-9-5-6-16-8-9/h7,9,11,14H,2-6,8H2,1H3. The zero-order chi connectivity index (χ0) is 11.0. The molecule has 1 N–H and O–H groups in total. The number of rotatable bonds is 2. The summed E-state index contributed by atoms with van der Waals surface area (Å²) in [6.07, 6.45) is 7.17. The summed E-state index contributed by atoms with van der Waals surface area (Å²) in [5.74, 6) is 2.61. The van der Waals surface area contributed by atoms with Crippen LogP contribution in [0.2, 0.25) is 0 Å². The van der Waals surface area contributed by atoms with Crippen molar-refractivity contribution in [3.8, 4) is 0 Å². The van der Waals surface area contributed by atoms with E-state index in [2.05, 4.69) is 35.4 Å². The number of aryl methyl sites for hydroxylation is 1. The van der Waals surface area contributed by atoms with Crippen LogP contribution < -0.4 is 5.32 Å². The van der Waals surface area contributed by atoms with Gasteiger partial charge in [-0.2, -0.15) is 16.9 Å². The summed E-state index contributed by atoms with van der Waals surface area (Å²) in [6.45, 7) is 0. The van der Waals surface area contributed by atoms with Gasteiger partial charge in [0.15, 0.2) is 0 Å². The van der Waals surface area contributed by atoms with Crippen molar-refractivity contribution >= 4 is 11.8 Å². The second-order valence-corrected chi connectivity index (χ2v) is 5.99. The third-order valence-electron chi connectivity index (χ3n) is 3.74. The van der Waals surface area contributed by atoms with E-state index in [0.717, 1.165) is 6.04 Å². The summed E-state index contributed by atoms with van der Waals surface area (Å²) in [7, 11) is 2.06. The van der Waals surface area contributed by atoms with Crippen LogP contribution in [0, 0.1) is 0 Å². The third-order valence-corrected chi connectivity index (χ3v) is 4.90. The van der Waals surface area contributed by atoms with Crippen LogP contribution in [0.4, 0.5) is 0 Å². The minimum absolute atomic E-state index is 0.557. The lowest BCUT2D eigenvalue weighted by Gasteiger charge is -2.26. The molecule has 3 rings (SSSR count). The molecule has 2 aliphatic rings. The monoisotopic (exact) mass is 237 g/mol. The van der Waals surface area contributed by atoms with E-state index in [0.29, 0.717) is 6.04 Å². The summed E-state index contributed by atoms with van der Waals surface area (Å²) in [6, 6.07) is 1.28. The van der Waals surface area contributed by atoms with Gasteiger partial charge in [-0.15, -0.1) is 0 Å². The Morgan fingerprint density at radius 2 is 2.44 bits per heavy atom. The molecule has 0 aromatic carbocycles. The molecule has 0 bridgehead atoms. The Labute approximate surface area is 101 Å². The molecule has 16 heavy (non-hydrogen) atoms.